The van der Waals surface area contributed by atoms with Gasteiger partial charge in [0.25, 0.3) is 0 Å². The zero-order valence-corrected chi connectivity index (χ0v) is 11.9. The maximum absolute atomic E-state index is 10.9. The maximum Gasteiger partial charge on any atom is 0.185 e. The Bertz CT molecular complexity index is 630. The minimum atomic E-state index is -1.05. The molecule has 0 aliphatic carbocycles. The molecule has 106 valence electrons. The summed E-state index contributed by atoms with van der Waals surface area (Å²) < 4.78 is 0. The standard InChI is InChI=1S/C15H17NO3S/c1-9(17)20-8-14(18)15(19)12-6-7-13(16)11-5-3-2-4-10(11)12/h2-7,14-15,18-19H,8,16H2,1H3. The van der Waals surface area contributed by atoms with Crippen molar-refractivity contribution in [2.75, 3.05) is 11.5 Å². The molecule has 2 aromatic carbocycles. The molecule has 0 saturated carbocycles. The van der Waals surface area contributed by atoms with Crippen LogP contribution >= 0.6 is 11.8 Å². The highest BCUT2D eigenvalue weighted by molar-refractivity contribution is 8.13. The third-order valence-electron chi connectivity index (χ3n) is 3.13. The van der Waals surface area contributed by atoms with Crippen LogP contribution in [0, 0.1) is 0 Å². The normalized spacial score (nSPS) is 14.2. The molecule has 2 aromatic rings. The van der Waals surface area contributed by atoms with Crippen LogP contribution < -0.4 is 5.73 Å². The Hall–Kier alpha value is -1.56. The first kappa shape index (κ1) is 14.8. The monoisotopic (exact) mass is 291 g/mol. The van der Waals surface area contributed by atoms with Crippen LogP contribution in [-0.2, 0) is 4.79 Å². The van der Waals surface area contributed by atoms with E-state index in [1.807, 2.05) is 24.3 Å². The number of benzene rings is 2. The van der Waals surface area contributed by atoms with Crippen LogP contribution in [0.2, 0.25) is 0 Å². The summed E-state index contributed by atoms with van der Waals surface area (Å²) in [6.45, 7) is 1.43. The molecule has 2 atom stereocenters. The second kappa shape index (κ2) is 6.26. The van der Waals surface area contributed by atoms with Gasteiger partial charge in [-0.2, -0.15) is 0 Å². The molecule has 5 heteroatoms. The van der Waals surface area contributed by atoms with Crippen molar-refractivity contribution in [2.45, 2.75) is 19.1 Å². The Labute approximate surface area is 121 Å². The lowest BCUT2D eigenvalue weighted by Crippen LogP contribution is -2.21. The molecule has 0 aliphatic heterocycles. The highest BCUT2D eigenvalue weighted by atomic mass is 32.2. The fourth-order valence-electron chi connectivity index (χ4n) is 2.10. The summed E-state index contributed by atoms with van der Waals surface area (Å²) >= 11 is 0.997. The van der Waals surface area contributed by atoms with E-state index in [-0.39, 0.29) is 10.9 Å². The number of anilines is 1. The summed E-state index contributed by atoms with van der Waals surface area (Å²) in [5.41, 5.74) is 7.15. The van der Waals surface area contributed by atoms with Crippen LogP contribution in [0.3, 0.4) is 0 Å². The first-order chi connectivity index (χ1) is 9.50. The lowest BCUT2D eigenvalue weighted by atomic mass is 9.97. The molecular weight excluding hydrogens is 274 g/mol. The van der Waals surface area contributed by atoms with E-state index in [0.29, 0.717) is 11.3 Å². The van der Waals surface area contributed by atoms with Crippen LogP contribution in [0.5, 0.6) is 0 Å². The second-order valence-corrected chi connectivity index (χ2v) is 5.80. The Kier molecular flexibility index (Phi) is 4.65. The van der Waals surface area contributed by atoms with Crippen molar-refractivity contribution in [1.29, 1.82) is 0 Å². The quantitative estimate of drug-likeness (QED) is 0.751. The number of nitrogens with two attached hydrogens (primary N) is 1. The third-order valence-corrected chi connectivity index (χ3v) is 4.05. The number of rotatable bonds is 4. The largest absolute Gasteiger partial charge is 0.398 e. The van der Waals surface area contributed by atoms with Crippen molar-refractivity contribution < 1.29 is 15.0 Å². The topological polar surface area (TPSA) is 83.5 Å². The van der Waals surface area contributed by atoms with Gasteiger partial charge in [0.05, 0.1) is 6.10 Å². The number of thioether (sulfide) groups is 1. The van der Waals surface area contributed by atoms with E-state index in [2.05, 4.69) is 0 Å². The number of fused-ring (bicyclic) bond motifs is 1. The van der Waals surface area contributed by atoms with E-state index in [1.165, 1.54) is 6.92 Å². The van der Waals surface area contributed by atoms with Crippen molar-refractivity contribution in [3.8, 4) is 0 Å². The predicted molar refractivity (Wildman–Crippen MR) is 82.5 cm³/mol. The van der Waals surface area contributed by atoms with E-state index in [9.17, 15) is 15.0 Å². The molecule has 0 bridgehead atoms. The highest BCUT2D eigenvalue weighted by Gasteiger charge is 2.21. The molecule has 4 nitrogen and oxygen atoms in total. The molecular formula is C15H17NO3S. The smallest absolute Gasteiger partial charge is 0.185 e. The van der Waals surface area contributed by atoms with Crippen molar-refractivity contribution in [1.82, 2.24) is 0 Å². The third kappa shape index (κ3) is 3.12. The molecule has 0 aromatic heterocycles. The molecule has 4 N–H and O–H groups in total. The van der Waals surface area contributed by atoms with Gasteiger partial charge in [0, 0.05) is 23.8 Å². The van der Waals surface area contributed by atoms with Gasteiger partial charge in [0.2, 0.25) is 0 Å². The van der Waals surface area contributed by atoms with E-state index >= 15 is 0 Å². The molecule has 0 fully saturated rings. The molecule has 0 saturated heterocycles. The highest BCUT2D eigenvalue weighted by Crippen LogP contribution is 2.30. The molecule has 0 amide bonds. The number of hydrogen-bond donors (Lipinski definition) is 3. The van der Waals surface area contributed by atoms with Crippen LogP contribution in [0.1, 0.15) is 18.6 Å². The first-order valence-corrected chi connectivity index (χ1v) is 7.26. The number of aliphatic hydroxyl groups excluding tert-OH is 2. The number of hydrogen-bond acceptors (Lipinski definition) is 5. The molecule has 0 radical (unpaired) electrons. The van der Waals surface area contributed by atoms with Crippen LogP contribution in [0.15, 0.2) is 36.4 Å². The van der Waals surface area contributed by atoms with Crippen LogP contribution in [0.4, 0.5) is 5.69 Å². The summed E-state index contributed by atoms with van der Waals surface area (Å²) in [6, 6.07) is 10.9. The molecule has 2 rings (SSSR count). The summed E-state index contributed by atoms with van der Waals surface area (Å²) in [5, 5.41) is 21.8. The minimum absolute atomic E-state index is 0.0848. The summed E-state index contributed by atoms with van der Waals surface area (Å²) in [7, 11) is 0. The predicted octanol–water partition coefficient (Wildman–Crippen LogP) is 2.10. The van der Waals surface area contributed by atoms with Gasteiger partial charge < -0.3 is 15.9 Å². The fraction of sp³-hybridized carbons (Fsp3) is 0.267. The Morgan fingerprint density at radius 2 is 1.85 bits per heavy atom. The summed E-state index contributed by atoms with van der Waals surface area (Å²) in [6.07, 6.45) is -2.05. The van der Waals surface area contributed by atoms with Crippen molar-refractivity contribution in [2.24, 2.45) is 0 Å². The van der Waals surface area contributed by atoms with Crippen molar-refractivity contribution in [3.05, 3.63) is 42.0 Å². The summed E-state index contributed by atoms with van der Waals surface area (Å²) in [5.74, 6) is 0.162. The Morgan fingerprint density at radius 3 is 2.50 bits per heavy atom. The van der Waals surface area contributed by atoms with E-state index < -0.39 is 12.2 Å². The summed E-state index contributed by atoms with van der Waals surface area (Å²) in [4.78, 5) is 10.9. The van der Waals surface area contributed by atoms with E-state index in [4.69, 9.17) is 5.73 Å². The molecule has 0 spiro atoms. The SMILES string of the molecule is CC(=O)SCC(O)C(O)c1ccc(N)c2ccccc12. The molecule has 20 heavy (non-hydrogen) atoms. The van der Waals surface area contributed by atoms with Gasteiger partial charge in [0.15, 0.2) is 5.12 Å². The molecule has 2 unspecified atom stereocenters. The fourth-order valence-corrected chi connectivity index (χ4v) is 2.69. The zero-order chi connectivity index (χ0) is 14.7. The second-order valence-electron chi connectivity index (χ2n) is 4.60. The van der Waals surface area contributed by atoms with Gasteiger partial charge in [0.1, 0.15) is 6.10 Å². The van der Waals surface area contributed by atoms with Crippen LogP contribution in [0.25, 0.3) is 10.8 Å². The van der Waals surface area contributed by atoms with Gasteiger partial charge in [-0.25, -0.2) is 0 Å². The lowest BCUT2D eigenvalue weighted by Gasteiger charge is -2.19. The van der Waals surface area contributed by atoms with Crippen molar-refractivity contribution in [3.63, 3.8) is 0 Å². The maximum atomic E-state index is 10.9. The minimum Gasteiger partial charge on any atom is -0.398 e. The van der Waals surface area contributed by atoms with E-state index in [0.717, 1.165) is 22.5 Å². The average Bonchev–Trinajstić information content (AvgIpc) is 2.44. The average molecular weight is 291 g/mol. The van der Waals surface area contributed by atoms with Gasteiger partial charge >= 0.3 is 0 Å². The van der Waals surface area contributed by atoms with Crippen molar-refractivity contribution >= 4 is 33.3 Å². The van der Waals surface area contributed by atoms with Crippen LogP contribution in [-0.4, -0.2) is 27.2 Å². The number of aliphatic hydroxyl groups is 2. The van der Waals surface area contributed by atoms with Gasteiger partial charge in [-0.15, -0.1) is 0 Å². The zero-order valence-electron chi connectivity index (χ0n) is 11.1. The number of nitrogen functional groups attached to an aromatic ring is 1. The Morgan fingerprint density at radius 1 is 1.20 bits per heavy atom. The lowest BCUT2D eigenvalue weighted by molar-refractivity contribution is -0.109. The molecule has 0 aliphatic rings. The molecule has 0 heterocycles. The van der Waals surface area contributed by atoms with E-state index in [1.54, 1.807) is 12.1 Å². The number of carbonyl (C=O) groups is 1. The number of carbonyl (C=O) groups excluding carboxylic acids is 1. The van der Waals surface area contributed by atoms with Gasteiger partial charge in [-0.1, -0.05) is 42.1 Å². The van der Waals surface area contributed by atoms with Gasteiger partial charge in [-0.3, -0.25) is 4.79 Å². The Balaban J connectivity index is 2.32. The van der Waals surface area contributed by atoms with Gasteiger partial charge in [-0.05, 0) is 17.0 Å². The first-order valence-electron chi connectivity index (χ1n) is 6.27.